The summed E-state index contributed by atoms with van der Waals surface area (Å²) in [5.41, 5.74) is 1.88. The van der Waals surface area contributed by atoms with Crippen LogP contribution in [0.2, 0.25) is 0 Å². The molecule has 2 aromatic rings. The van der Waals surface area contributed by atoms with Gasteiger partial charge in [-0.25, -0.2) is 0 Å². The minimum Gasteiger partial charge on any atom is -0.494 e. The molecule has 142 valence electrons. The SMILES string of the molecule is CCOc1ccc(C(=O)NC(=S)Nc2ccc(NC(=O)C(C)C)cc2)cc1. The number of nitrogens with one attached hydrogen (secondary N) is 3. The third-order valence-electron chi connectivity index (χ3n) is 3.59. The number of hydrogen-bond donors (Lipinski definition) is 3. The number of ether oxygens (including phenoxy) is 1. The molecule has 0 spiro atoms. The molecule has 0 fully saturated rings. The molecule has 0 saturated carbocycles. The molecule has 0 atom stereocenters. The first kappa shape index (κ1) is 20.4. The third kappa shape index (κ3) is 6.38. The van der Waals surface area contributed by atoms with Crippen LogP contribution in [0.3, 0.4) is 0 Å². The number of carbonyl (C=O) groups excluding carboxylic acids is 2. The van der Waals surface area contributed by atoms with Crippen molar-refractivity contribution in [2.24, 2.45) is 5.92 Å². The molecule has 27 heavy (non-hydrogen) atoms. The fourth-order valence-electron chi connectivity index (χ4n) is 2.13. The van der Waals surface area contributed by atoms with Gasteiger partial charge in [-0.2, -0.15) is 0 Å². The molecule has 2 rings (SSSR count). The van der Waals surface area contributed by atoms with E-state index in [9.17, 15) is 9.59 Å². The summed E-state index contributed by atoms with van der Waals surface area (Å²) in [5, 5.41) is 8.57. The average Bonchev–Trinajstić information content (AvgIpc) is 2.64. The molecule has 0 aliphatic rings. The Morgan fingerprint density at radius 1 is 0.963 bits per heavy atom. The minimum absolute atomic E-state index is 0.0474. The molecular weight excluding hydrogens is 362 g/mol. The van der Waals surface area contributed by atoms with E-state index in [0.29, 0.717) is 29.3 Å². The highest BCUT2D eigenvalue weighted by atomic mass is 32.1. The summed E-state index contributed by atoms with van der Waals surface area (Å²) in [6.45, 7) is 6.13. The Morgan fingerprint density at radius 2 is 1.52 bits per heavy atom. The summed E-state index contributed by atoms with van der Waals surface area (Å²) in [5.74, 6) is 0.262. The Bertz CT molecular complexity index is 802. The molecule has 0 aromatic heterocycles. The van der Waals surface area contributed by atoms with Crippen molar-refractivity contribution in [2.75, 3.05) is 17.2 Å². The first-order valence-electron chi connectivity index (χ1n) is 8.65. The van der Waals surface area contributed by atoms with Gasteiger partial charge in [0, 0.05) is 22.9 Å². The van der Waals surface area contributed by atoms with Crippen molar-refractivity contribution >= 4 is 40.5 Å². The van der Waals surface area contributed by atoms with Gasteiger partial charge >= 0.3 is 0 Å². The van der Waals surface area contributed by atoms with Gasteiger partial charge in [-0.3, -0.25) is 14.9 Å². The molecule has 2 aromatic carbocycles. The van der Waals surface area contributed by atoms with Crippen LogP contribution >= 0.6 is 12.2 Å². The lowest BCUT2D eigenvalue weighted by atomic mass is 10.2. The van der Waals surface area contributed by atoms with Crippen molar-refractivity contribution in [1.29, 1.82) is 0 Å². The Morgan fingerprint density at radius 3 is 2.04 bits per heavy atom. The molecule has 2 amide bonds. The molecule has 7 heteroatoms. The molecule has 0 aliphatic carbocycles. The van der Waals surface area contributed by atoms with E-state index in [4.69, 9.17) is 17.0 Å². The maximum atomic E-state index is 12.2. The first-order valence-corrected chi connectivity index (χ1v) is 9.06. The van der Waals surface area contributed by atoms with E-state index in [1.165, 1.54) is 0 Å². The number of amides is 2. The van der Waals surface area contributed by atoms with Gasteiger partial charge in [-0.15, -0.1) is 0 Å². The zero-order valence-electron chi connectivity index (χ0n) is 15.5. The third-order valence-corrected chi connectivity index (χ3v) is 3.79. The van der Waals surface area contributed by atoms with Crippen molar-refractivity contribution in [2.45, 2.75) is 20.8 Å². The normalized spacial score (nSPS) is 10.2. The number of benzene rings is 2. The van der Waals surface area contributed by atoms with Crippen molar-refractivity contribution in [3.8, 4) is 5.75 Å². The van der Waals surface area contributed by atoms with E-state index in [0.717, 1.165) is 0 Å². The Balaban J connectivity index is 1.89. The van der Waals surface area contributed by atoms with Crippen LogP contribution in [0, 0.1) is 5.92 Å². The summed E-state index contributed by atoms with van der Waals surface area (Å²) in [6.07, 6.45) is 0. The van der Waals surface area contributed by atoms with Crippen molar-refractivity contribution in [3.63, 3.8) is 0 Å². The van der Waals surface area contributed by atoms with E-state index < -0.39 is 0 Å². The lowest BCUT2D eigenvalue weighted by Crippen LogP contribution is -2.34. The Hall–Kier alpha value is -2.93. The summed E-state index contributed by atoms with van der Waals surface area (Å²) >= 11 is 5.18. The number of rotatable bonds is 6. The van der Waals surface area contributed by atoms with Gasteiger partial charge in [0.15, 0.2) is 5.11 Å². The van der Waals surface area contributed by atoms with Gasteiger partial charge in [0.2, 0.25) is 5.91 Å². The topological polar surface area (TPSA) is 79.5 Å². The lowest BCUT2D eigenvalue weighted by molar-refractivity contribution is -0.118. The lowest BCUT2D eigenvalue weighted by Gasteiger charge is -2.11. The maximum absolute atomic E-state index is 12.2. The minimum atomic E-state index is -0.309. The molecule has 0 heterocycles. The van der Waals surface area contributed by atoms with Gasteiger partial charge in [-0.05, 0) is 67.7 Å². The van der Waals surface area contributed by atoms with E-state index >= 15 is 0 Å². The molecule has 0 radical (unpaired) electrons. The largest absolute Gasteiger partial charge is 0.494 e. The van der Waals surface area contributed by atoms with E-state index in [2.05, 4.69) is 16.0 Å². The summed E-state index contributed by atoms with van der Waals surface area (Å²) in [7, 11) is 0. The summed E-state index contributed by atoms with van der Waals surface area (Å²) in [6, 6.07) is 13.9. The standard InChI is InChI=1S/C20H23N3O3S/c1-4-26-17-11-5-14(6-12-17)19(25)23-20(27)22-16-9-7-15(8-10-16)21-18(24)13(2)3/h5-13H,4H2,1-3H3,(H,21,24)(H2,22,23,25,27). The van der Waals surface area contributed by atoms with Gasteiger partial charge in [0.25, 0.3) is 5.91 Å². The van der Waals surface area contributed by atoms with Crippen LogP contribution in [0.1, 0.15) is 31.1 Å². The van der Waals surface area contributed by atoms with E-state index in [-0.39, 0.29) is 22.8 Å². The molecule has 3 N–H and O–H groups in total. The zero-order valence-corrected chi connectivity index (χ0v) is 16.4. The van der Waals surface area contributed by atoms with Crippen LogP contribution < -0.4 is 20.7 Å². The summed E-state index contributed by atoms with van der Waals surface area (Å²) in [4.78, 5) is 23.9. The molecule has 0 aliphatic heterocycles. The highest BCUT2D eigenvalue weighted by Crippen LogP contribution is 2.15. The second-order valence-electron chi connectivity index (χ2n) is 6.09. The zero-order chi connectivity index (χ0) is 19.8. The van der Waals surface area contributed by atoms with Crippen LogP contribution in [-0.4, -0.2) is 23.5 Å². The van der Waals surface area contributed by atoms with Crippen molar-refractivity contribution in [1.82, 2.24) is 5.32 Å². The van der Waals surface area contributed by atoms with Crippen LogP contribution in [0.5, 0.6) is 5.75 Å². The average molecular weight is 385 g/mol. The Kier molecular flexibility index (Phi) is 7.31. The monoisotopic (exact) mass is 385 g/mol. The van der Waals surface area contributed by atoms with Gasteiger partial charge < -0.3 is 15.4 Å². The van der Waals surface area contributed by atoms with Gasteiger partial charge in [0.05, 0.1) is 6.61 Å². The predicted molar refractivity (Wildman–Crippen MR) is 111 cm³/mol. The van der Waals surface area contributed by atoms with E-state index in [1.807, 2.05) is 20.8 Å². The quantitative estimate of drug-likeness (QED) is 0.659. The molecule has 0 bridgehead atoms. The van der Waals surface area contributed by atoms with Crippen molar-refractivity contribution in [3.05, 3.63) is 54.1 Å². The number of anilines is 2. The number of hydrogen-bond acceptors (Lipinski definition) is 4. The fourth-order valence-corrected chi connectivity index (χ4v) is 2.34. The van der Waals surface area contributed by atoms with Crippen LogP contribution in [0.15, 0.2) is 48.5 Å². The van der Waals surface area contributed by atoms with Crippen molar-refractivity contribution < 1.29 is 14.3 Å². The maximum Gasteiger partial charge on any atom is 0.257 e. The number of thiocarbonyl (C=S) groups is 1. The van der Waals surface area contributed by atoms with E-state index in [1.54, 1.807) is 48.5 Å². The Labute approximate surface area is 164 Å². The molecular formula is C20H23N3O3S. The second-order valence-corrected chi connectivity index (χ2v) is 6.50. The van der Waals surface area contributed by atoms with Crippen LogP contribution in [-0.2, 0) is 4.79 Å². The molecule has 0 saturated heterocycles. The number of carbonyl (C=O) groups is 2. The predicted octanol–water partition coefficient (Wildman–Crippen LogP) is 3.81. The van der Waals surface area contributed by atoms with Gasteiger partial charge in [-0.1, -0.05) is 13.8 Å². The molecule has 6 nitrogen and oxygen atoms in total. The van der Waals surface area contributed by atoms with Crippen LogP contribution in [0.25, 0.3) is 0 Å². The highest BCUT2D eigenvalue weighted by molar-refractivity contribution is 7.80. The highest BCUT2D eigenvalue weighted by Gasteiger charge is 2.09. The molecule has 0 unspecified atom stereocenters. The first-order chi connectivity index (χ1) is 12.9. The smallest absolute Gasteiger partial charge is 0.257 e. The summed E-state index contributed by atoms with van der Waals surface area (Å²) < 4.78 is 5.35. The second kappa shape index (κ2) is 9.68. The van der Waals surface area contributed by atoms with Crippen LogP contribution in [0.4, 0.5) is 11.4 Å². The van der Waals surface area contributed by atoms with Gasteiger partial charge in [0.1, 0.15) is 5.75 Å². The fraction of sp³-hybridized carbons (Fsp3) is 0.250.